The number of benzene rings is 1. The Bertz CT molecular complexity index is 291. The molecule has 88 valence electrons. The second kappa shape index (κ2) is 6.02. The van der Waals surface area contributed by atoms with Crippen molar-refractivity contribution in [2.45, 2.75) is 44.2 Å². The van der Waals surface area contributed by atoms with E-state index in [2.05, 4.69) is 5.32 Å². The molecular formula is C14H21NO. The van der Waals surface area contributed by atoms with Gasteiger partial charge in [0.15, 0.2) is 0 Å². The van der Waals surface area contributed by atoms with Gasteiger partial charge in [0.1, 0.15) is 0 Å². The number of nitrogens with one attached hydrogen (secondary N) is 1. The zero-order valence-corrected chi connectivity index (χ0v) is 9.73. The van der Waals surface area contributed by atoms with Crippen LogP contribution >= 0.6 is 0 Å². The zero-order chi connectivity index (χ0) is 11.2. The Balaban J connectivity index is 1.88. The van der Waals surface area contributed by atoms with E-state index in [0.717, 1.165) is 18.5 Å². The van der Waals surface area contributed by atoms with Gasteiger partial charge in [-0.1, -0.05) is 43.2 Å². The molecule has 2 N–H and O–H groups in total. The smallest absolute Gasteiger partial charge is 0.0804 e. The number of rotatable bonds is 3. The predicted molar refractivity (Wildman–Crippen MR) is 66.3 cm³/mol. The first-order chi connectivity index (χ1) is 7.86. The van der Waals surface area contributed by atoms with E-state index in [4.69, 9.17) is 0 Å². The van der Waals surface area contributed by atoms with Crippen LogP contribution in [0.3, 0.4) is 0 Å². The first-order valence-electron chi connectivity index (χ1n) is 6.32. The summed E-state index contributed by atoms with van der Waals surface area (Å²) in [4.78, 5) is 0. The lowest BCUT2D eigenvalue weighted by Gasteiger charge is -2.19. The van der Waals surface area contributed by atoms with E-state index >= 15 is 0 Å². The van der Waals surface area contributed by atoms with Crippen molar-refractivity contribution in [3.05, 3.63) is 35.9 Å². The first-order valence-corrected chi connectivity index (χ1v) is 6.32. The van der Waals surface area contributed by atoms with Gasteiger partial charge < -0.3 is 10.4 Å². The molecule has 0 spiro atoms. The van der Waals surface area contributed by atoms with Crippen LogP contribution in [-0.4, -0.2) is 17.7 Å². The first kappa shape index (κ1) is 11.6. The zero-order valence-electron chi connectivity index (χ0n) is 9.73. The highest BCUT2D eigenvalue weighted by Crippen LogP contribution is 2.21. The molecule has 2 unspecified atom stereocenters. The summed E-state index contributed by atoms with van der Waals surface area (Å²) in [6, 6.07) is 10.4. The highest BCUT2D eigenvalue weighted by Gasteiger charge is 2.16. The van der Waals surface area contributed by atoms with Crippen molar-refractivity contribution >= 4 is 0 Å². The second-order valence-electron chi connectivity index (χ2n) is 4.66. The van der Waals surface area contributed by atoms with Crippen molar-refractivity contribution in [2.75, 3.05) is 6.54 Å². The predicted octanol–water partition coefficient (Wildman–Crippen LogP) is 2.64. The molecule has 1 aromatic carbocycles. The maximum Gasteiger partial charge on any atom is 0.0804 e. The molecule has 16 heavy (non-hydrogen) atoms. The summed E-state index contributed by atoms with van der Waals surface area (Å²) in [6.07, 6.45) is 5.60. The molecule has 1 saturated heterocycles. The van der Waals surface area contributed by atoms with Gasteiger partial charge in [-0.05, 0) is 31.4 Å². The van der Waals surface area contributed by atoms with Gasteiger partial charge in [0.2, 0.25) is 0 Å². The van der Waals surface area contributed by atoms with Crippen molar-refractivity contribution in [3.63, 3.8) is 0 Å². The molecule has 0 radical (unpaired) electrons. The van der Waals surface area contributed by atoms with E-state index in [1.165, 1.54) is 25.7 Å². The highest BCUT2D eigenvalue weighted by molar-refractivity contribution is 5.17. The van der Waals surface area contributed by atoms with Crippen LogP contribution in [-0.2, 0) is 0 Å². The van der Waals surface area contributed by atoms with Crippen LogP contribution in [0.5, 0.6) is 0 Å². The van der Waals surface area contributed by atoms with E-state index in [-0.39, 0.29) is 6.10 Å². The lowest BCUT2D eigenvalue weighted by Crippen LogP contribution is -2.29. The van der Waals surface area contributed by atoms with Gasteiger partial charge in [-0.2, -0.15) is 0 Å². The molecule has 0 saturated carbocycles. The Labute approximate surface area is 97.7 Å². The van der Waals surface area contributed by atoms with Crippen LogP contribution in [0.25, 0.3) is 0 Å². The Hall–Kier alpha value is -0.860. The van der Waals surface area contributed by atoms with Crippen LogP contribution < -0.4 is 5.32 Å². The van der Waals surface area contributed by atoms with Crippen molar-refractivity contribution in [1.29, 1.82) is 0 Å². The molecule has 1 aliphatic rings. The minimum atomic E-state index is -0.322. The molecule has 1 heterocycles. The van der Waals surface area contributed by atoms with Crippen LogP contribution in [0.1, 0.15) is 43.8 Å². The average molecular weight is 219 g/mol. The molecule has 2 nitrogen and oxygen atoms in total. The SMILES string of the molecule is OC(CC1CCCCCN1)c1ccccc1. The van der Waals surface area contributed by atoms with Gasteiger partial charge >= 0.3 is 0 Å². The average Bonchev–Trinajstić information content (AvgIpc) is 2.59. The van der Waals surface area contributed by atoms with Gasteiger partial charge in [-0.25, -0.2) is 0 Å². The fourth-order valence-corrected chi connectivity index (χ4v) is 2.38. The van der Waals surface area contributed by atoms with E-state index in [9.17, 15) is 5.11 Å². The number of hydrogen-bond acceptors (Lipinski definition) is 2. The lowest BCUT2D eigenvalue weighted by molar-refractivity contribution is 0.150. The Morgan fingerprint density at radius 1 is 1.19 bits per heavy atom. The number of hydrogen-bond donors (Lipinski definition) is 2. The maximum atomic E-state index is 10.1. The Morgan fingerprint density at radius 3 is 2.81 bits per heavy atom. The molecule has 0 aliphatic carbocycles. The summed E-state index contributed by atoms with van der Waals surface area (Å²) >= 11 is 0. The summed E-state index contributed by atoms with van der Waals surface area (Å²) in [5.74, 6) is 0. The Morgan fingerprint density at radius 2 is 2.00 bits per heavy atom. The van der Waals surface area contributed by atoms with E-state index < -0.39 is 0 Å². The van der Waals surface area contributed by atoms with Crippen LogP contribution in [0, 0.1) is 0 Å². The van der Waals surface area contributed by atoms with Gasteiger partial charge in [0.25, 0.3) is 0 Å². The summed E-state index contributed by atoms with van der Waals surface area (Å²) in [5, 5.41) is 13.6. The number of aliphatic hydroxyl groups excluding tert-OH is 1. The third-order valence-electron chi connectivity index (χ3n) is 3.35. The quantitative estimate of drug-likeness (QED) is 0.819. The second-order valence-corrected chi connectivity index (χ2v) is 4.66. The summed E-state index contributed by atoms with van der Waals surface area (Å²) in [7, 11) is 0. The van der Waals surface area contributed by atoms with Crippen LogP contribution in [0.4, 0.5) is 0 Å². The molecule has 0 aromatic heterocycles. The number of aliphatic hydroxyl groups is 1. The van der Waals surface area contributed by atoms with E-state index in [1.807, 2.05) is 30.3 Å². The molecular weight excluding hydrogens is 198 g/mol. The molecule has 0 bridgehead atoms. The van der Waals surface area contributed by atoms with Gasteiger partial charge in [0, 0.05) is 6.04 Å². The van der Waals surface area contributed by atoms with E-state index in [1.54, 1.807) is 0 Å². The topological polar surface area (TPSA) is 32.3 Å². The molecule has 2 rings (SSSR count). The lowest BCUT2D eigenvalue weighted by atomic mass is 9.99. The maximum absolute atomic E-state index is 10.1. The molecule has 2 atom stereocenters. The monoisotopic (exact) mass is 219 g/mol. The standard InChI is InChI=1S/C14H21NO/c16-14(12-7-3-1-4-8-12)11-13-9-5-2-6-10-15-13/h1,3-4,7-8,13-16H,2,5-6,9-11H2. The Kier molecular flexibility index (Phi) is 4.37. The van der Waals surface area contributed by atoms with Crippen LogP contribution in [0.15, 0.2) is 30.3 Å². The third-order valence-corrected chi connectivity index (χ3v) is 3.35. The van der Waals surface area contributed by atoms with Crippen molar-refractivity contribution < 1.29 is 5.11 Å². The van der Waals surface area contributed by atoms with Gasteiger partial charge in [-0.15, -0.1) is 0 Å². The normalized spacial score (nSPS) is 23.7. The summed E-state index contributed by atoms with van der Waals surface area (Å²) in [6.45, 7) is 1.10. The summed E-state index contributed by atoms with van der Waals surface area (Å²) < 4.78 is 0. The molecule has 1 aromatic rings. The van der Waals surface area contributed by atoms with Crippen molar-refractivity contribution in [1.82, 2.24) is 5.32 Å². The highest BCUT2D eigenvalue weighted by atomic mass is 16.3. The molecule has 0 amide bonds. The van der Waals surface area contributed by atoms with Gasteiger partial charge in [-0.3, -0.25) is 0 Å². The van der Waals surface area contributed by atoms with Crippen molar-refractivity contribution in [3.8, 4) is 0 Å². The fraction of sp³-hybridized carbons (Fsp3) is 0.571. The minimum Gasteiger partial charge on any atom is -0.388 e. The largest absolute Gasteiger partial charge is 0.388 e. The molecule has 1 aliphatic heterocycles. The minimum absolute atomic E-state index is 0.322. The van der Waals surface area contributed by atoms with E-state index in [0.29, 0.717) is 6.04 Å². The summed E-state index contributed by atoms with van der Waals surface area (Å²) in [5.41, 5.74) is 1.04. The fourth-order valence-electron chi connectivity index (χ4n) is 2.38. The molecule has 2 heteroatoms. The van der Waals surface area contributed by atoms with Gasteiger partial charge in [0.05, 0.1) is 6.10 Å². The van der Waals surface area contributed by atoms with Crippen LogP contribution in [0.2, 0.25) is 0 Å². The third kappa shape index (κ3) is 3.32. The van der Waals surface area contributed by atoms with Crippen molar-refractivity contribution in [2.24, 2.45) is 0 Å². The molecule has 1 fully saturated rings.